The first-order chi connectivity index (χ1) is 13.3. The van der Waals surface area contributed by atoms with Crippen LogP contribution >= 0.6 is 0 Å². The molecule has 3 rings (SSSR count). The summed E-state index contributed by atoms with van der Waals surface area (Å²) in [6.45, 7) is 2.19. The fourth-order valence-corrected chi connectivity index (χ4v) is 5.23. The predicted octanol–water partition coefficient (Wildman–Crippen LogP) is 1.27. The van der Waals surface area contributed by atoms with E-state index in [-0.39, 0.29) is 40.7 Å². The van der Waals surface area contributed by atoms with E-state index in [1.54, 1.807) is 0 Å². The Morgan fingerprint density at radius 3 is 2.61 bits per heavy atom. The largest absolute Gasteiger partial charge is 0.495 e. The number of amides is 2. The predicted molar refractivity (Wildman–Crippen MR) is 104 cm³/mol. The highest BCUT2D eigenvalue weighted by atomic mass is 32.2. The molecule has 1 aromatic rings. The number of hydrogen-bond acceptors (Lipinski definition) is 5. The molecule has 2 fully saturated rings. The van der Waals surface area contributed by atoms with Crippen molar-refractivity contribution in [1.82, 2.24) is 14.9 Å². The quantitative estimate of drug-likeness (QED) is 0.706. The van der Waals surface area contributed by atoms with Gasteiger partial charge in [-0.25, -0.2) is 8.42 Å². The van der Waals surface area contributed by atoms with Crippen LogP contribution in [0.15, 0.2) is 23.1 Å². The minimum atomic E-state index is -3.80. The molecule has 1 aliphatic carbocycles. The third-order valence-corrected chi connectivity index (χ3v) is 7.14. The van der Waals surface area contributed by atoms with Gasteiger partial charge in [0, 0.05) is 24.2 Å². The van der Waals surface area contributed by atoms with Crippen LogP contribution in [0.3, 0.4) is 0 Å². The number of piperidine rings is 1. The van der Waals surface area contributed by atoms with Gasteiger partial charge in [0.25, 0.3) is 5.91 Å². The molecule has 2 aliphatic rings. The van der Waals surface area contributed by atoms with Gasteiger partial charge in [-0.1, -0.05) is 6.42 Å². The summed E-state index contributed by atoms with van der Waals surface area (Å²) in [7, 11) is -2.40. The number of benzene rings is 1. The van der Waals surface area contributed by atoms with Crippen molar-refractivity contribution < 1.29 is 22.7 Å². The summed E-state index contributed by atoms with van der Waals surface area (Å²) in [5.74, 6) is -0.558. The van der Waals surface area contributed by atoms with E-state index < -0.39 is 15.9 Å². The van der Waals surface area contributed by atoms with E-state index in [1.807, 2.05) is 6.92 Å². The van der Waals surface area contributed by atoms with Gasteiger partial charge in [0.05, 0.1) is 13.7 Å². The highest BCUT2D eigenvalue weighted by Crippen LogP contribution is 2.31. The number of ether oxygens (including phenoxy) is 1. The molecule has 1 aromatic carbocycles. The molecule has 1 aliphatic heterocycles. The first kappa shape index (κ1) is 20.6. The van der Waals surface area contributed by atoms with E-state index in [2.05, 4.69) is 10.6 Å². The van der Waals surface area contributed by atoms with Crippen LogP contribution in [-0.2, 0) is 14.8 Å². The Kier molecular flexibility index (Phi) is 6.24. The van der Waals surface area contributed by atoms with Crippen molar-refractivity contribution in [3.8, 4) is 5.75 Å². The van der Waals surface area contributed by atoms with Crippen LogP contribution in [0.1, 0.15) is 49.4 Å². The average Bonchev–Trinajstić information content (AvgIpc) is 3.49. The standard InChI is InChI=1S/C19H27N3O5S/c1-13-5-3-4-10-22(13)28(25,26)17-11-14(6-9-16(17)27-2)19(24)20-12-18(23)21-15-7-8-15/h6,9,11,13,15H,3-5,7-8,10,12H2,1-2H3,(H,20,24)(H,21,23)/t13-/m0/s1. The van der Waals surface area contributed by atoms with E-state index in [0.29, 0.717) is 6.54 Å². The zero-order valence-electron chi connectivity index (χ0n) is 16.2. The molecule has 9 heteroatoms. The van der Waals surface area contributed by atoms with E-state index in [9.17, 15) is 18.0 Å². The lowest BCUT2D eigenvalue weighted by atomic mass is 10.1. The number of nitrogens with one attached hydrogen (secondary N) is 2. The smallest absolute Gasteiger partial charge is 0.251 e. The second-order valence-electron chi connectivity index (χ2n) is 7.35. The topological polar surface area (TPSA) is 105 Å². The van der Waals surface area contributed by atoms with E-state index in [4.69, 9.17) is 4.74 Å². The van der Waals surface area contributed by atoms with E-state index in [0.717, 1.165) is 32.1 Å². The van der Waals surface area contributed by atoms with Crippen molar-refractivity contribution in [3.63, 3.8) is 0 Å². The Hall–Kier alpha value is -2.13. The Balaban J connectivity index is 1.78. The minimum absolute atomic E-state index is 0.0289. The Bertz CT molecular complexity index is 851. The maximum absolute atomic E-state index is 13.2. The summed E-state index contributed by atoms with van der Waals surface area (Å²) in [6, 6.07) is 4.40. The number of methoxy groups -OCH3 is 1. The molecule has 1 heterocycles. The number of sulfonamides is 1. The fourth-order valence-electron chi connectivity index (χ4n) is 3.34. The van der Waals surface area contributed by atoms with Gasteiger partial charge < -0.3 is 15.4 Å². The first-order valence-corrected chi connectivity index (χ1v) is 11.0. The Labute approximate surface area is 165 Å². The van der Waals surface area contributed by atoms with Gasteiger partial charge in [0.2, 0.25) is 15.9 Å². The van der Waals surface area contributed by atoms with Crippen molar-refractivity contribution in [2.75, 3.05) is 20.2 Å². The maximum Gasteiger partial charge on any atom is 0.251 e. The molecule has 0 spiro atoms. The number of carbonyl (C=O) groups excluding carboxylic acids is 2. The number of carbonyl (C=O) groups is 2. The first-order valence-electron chi connectivity index (χ1n) is 9.60. The molecule has 1 atom stereocenters. The summed E-state index contributed by atoms with van der Waals surface area (Å²) in [5, 5.41) is 5.32. The van der Waals surface area contributed by atoms with Gasteiger partial charge in [-0.3, -0.25) is 9.59 Å². The zero-order valence-corrected chi connectivity index (χ0v) is 17.0. The Morgan fingerprint density at radius 2 is 1.96 bits per heavy atom. The monoisotopic (exact) mass is 409 g/mol. The highest BCUT2D eigenvalue weighted by molar-refractivity contribution is 7.89. The summed E-state index contributed by atoms with van der Waals surface area (Å²) in [4.78, 5) is 24.2. The van der Waals surface area contributed by atoms with Crippen LogP contribution in [0.5, 0.6) is 5.75 Å². The molecule has 28 heavy (non-hydrogen) atoms. The van der Waals surface area contributed by atoms with E-state index in [1.165, 1.54) is 29.6 Å². The average molecular weight is 410 g/mol. The van der Waals surface area contributed by atoms with Crippen LogP contribution in [0.2, 0.25) is 0 Å². The van der Waals surface area contributed by atoms with Crippen molar-refractivity contribution in [2.24, 2.45) is 0 Å². The van der Waals surface area contributed by atoms with Gasteiger partial charge in [0.1, 0.15) is 10.6 Å². The molecule has 154 valence electrons. The molecule has 1 saturated heterocycles. The van der Waals surface area contributed by atoms with Crippen LogP contribution in [-0.4, -0.2) is 56.8 Å². The van der Waals surface area contributed by atoms with Crippen LogP contribution in [0, 0.1) is 0 Å². The molecule has 2 amide bonds. The van der Waals surface area contributed by atoms with Crippen molar-refractivity contribution in [3.05, 3.63) is 23.8 Å². The zero-order chi connectivity index (χ0) is 20.3. The normalized spacial score (nSPS) is 20.4. The van der Waals surface area contributed by atoms with Crippen molar-refractivity contribution >= 4 is 21.8 Å². The molecule has 1 saturated carbocycles. The molecule has 0 unspecified atom stereocenters. The number of hydrogen-bond donors (Lipinski definition) is 2. The van der Waals surface area contributed by atoms with Crippen molar-refractivity contribution in [1.29, 1.82) is 0 Å². The Morgan fingerprint density at radius 1 is 1.21 bits per heavy atom. The van der Waals surface area contributed by atoms with Crippen molar-refractivity contribution in [2.45, 2.75) is 56.0 Å². The lowest BCUT2D eigenvalue weighted by Gasteiger charge is -2.32. The summed E-state index contributed by atoms with van der Waals surface area (Å²) < 4.78 is 33.1. The fraction of sp³-hybridized carbons (Fsp3) is 0.579. The lowest BCUT2D eigenvalue weighted by Crippen LogP contribution is -2.42. The number of nitrogens with zero attached hydrogens (tertiary/aromatic N) is 1. The molecular weight excluding hydrogens is 382 g/mol. The summed E-state index contributed by atoms with van der Waals surface area (Å²) >= 11 is 0. The number of rotatable bonds is 7. The third kappa shape index (κ3) is 4.64. The van der Waals surface area contributed by atoms with Gasteiger partial charge >= 0.3 is 0 Å². The molecular formula is C19H27N3O5S. The SMILES string of the molecule is COc1ccc(C(=O)NCC(=O)NC2CC2)cc1S(=O)(=O)N1CCCC[C@@H]1C. The maximum atomic E-state index is 13.2. The second-order valence-corrected chi connectivity index (χ2v) is 9.21. The van der Waals surface area contributed by atoms with Crippen LogP contribution < -0.4 is 15.4 Å². The minimum Gasteiger partial charge on any atom is -0.495 e. The summed E-state index contributed by atoms with van der Waals surface area (Å²) in [6.07, 6.45) is 4.54. The van der Waals surface area contributed by atoms with Gasteiger partial charge in [-0.05, 0) is 50.8 Å². The van der Waals surface area contributed by atoms with Gasteiger partial charge in [0.15, 0.2) is 0 Å². The highest BCUT2D eigenvalue weighted by Gasteiger charge is 2.33. The van der Waals surface area contributed by atoms with Gasteiger partial charge in [-0.2, -0.15) is 4.31 Å². The molecule has 0 bridgehead atoms. The molecule has 0 aromatic heterocycles. The van der Waals surface area contributed by atoms with E-state index >= 15 is 0 Å². The molecule has 0 radical (unpaired) electrons. The lowest BCUT2D eigenvalue weighted by molar-refractivity contribution is -0.120. The summed E-state index contributed by atoms with van der Waals surface area (Å²) in [5.41, 5.74) is 0.170. The third-order valence-electron chi connectivity index (χ3n) is 5.11. The second kappa shape index (κ2) is 8.48. The van der Waals surface area contributed by atoms with Crippen LogP contribution in [0.4, 0.5) is 0 Å². The molecule has 2 N–H and O–H groups in total. The van der Waals surface area contributed by atoms with Gasteiger partial charge in [-0.15, -0.1) is 0 Å². The molecule has 8 nitrogen and oxygen atoms in total. The van der Waals surface area contributed by atoms with Crippen LogP contribution in [0.25, 0.3) is 0 Å².